The van der Waals surface area contributed by atoms with Crippen molar-refractivity contribution in [1.82, 2.24) is 4.98 Å². The van der Waals surface area contributed by atoms with Gasteiger partial charge in [-0.05, 0) is 24.1 Å². The van der Waals surface area contributed by atoms with Crippen molar-refractivity contribution in [3.8, 4) is 0 Å². The van der Waals surface area contributed by atoms with Crippen LogP contribution in [0.4, 0.5) is 11.4 Å². The molecular weight excluding hydrogens is 218 g/mol. The second-order valence-electron chi connectivity index (χ2n) is 4.03. The minimum atomic E-state index is 0.843. The molecule has 2 heterocycles. The highest BCUT2D eigenvalue weighted by atomic mass is 32.1. The first-order valence-electron chi connectivity index (χ1n) is 5.33. The van der Waals surface area contributed by atoms with Crippen LogP contribution in [0.3, 0.4) is 0 Å². The van der Waals surface area contributed by atoms with E-state index in [1.165, 1.54) is 16.1 Å². The monoisotopic (exact) mass is 231 g/mol. The lowest BCUT2D eigenvalue weighted by Crippen LogP contribution is -2.18. The van der Waals surface area contributed by atoms with Crippen LogP contribution < -0.4 is 10.6 Å². The molecule has 1 aromatic heterocycles. The summed E-state index contributed by atoms with van der Waals surface area (Å²) in [5.41, 5.74) is 11.2. The van der Waals surface area contributed by atoms with Crippen LogP contribution in [0.2, 0.25) is 0 Å². The second kappa shape index (κ2) is 3.79. The van der Waals surface area contributed by atoms with E-state index in [1.807, 2.05) is 17.8 Å². The number of fused-ring (bicyclic) bond motifs is 1. The maximum Gasteiger partial charge on any atom is 0.0794 e. The molecule has 0 saturated heterocycles. The predicted octanol–water partition coefficient (Wildman–Crippen LogP) is 2.29. The van der Waals surface area contributed by atoms with Gasteiger partial charge >= 0.3 is 0 Å². The van der Waals surface area contributed by atoms with Gasteiger partial charge in [-0.3, -0.25) is 4.98 Å². The average Bonchev–Trinajstić information content (AvgIpc) is 2.90. The van der Waals surface area contributed by atoms with E-state index in [4.69, 9.17) is 5.73 Å². The van der Waals surface area contributed by atoms with E-state index in [-0.39, 0.29) is 0 Å². The molecule has 82 valence electrons. The highest BCUT2D eigenvalue weighted by molar-refractivity contribution is 7.09. The molecular formula is C12H13N3S. The number of nitrogens with zero attached hydrogens (tertiary/aromatic N) is 2. The van der Waals surface area contributed by atoms with E-state index < -0.39 is 0 Å². The standard InChI is InChI=1S/C12H13N3S/c13-10-2-1-9-3-4-15(12(9)5-10)7-11-6-14-8-16-11/h1-2,5-6,8H,3-4,7,13H2. The van der Waals surface area contributed by atoms with Gasteiger partial charge in [0.2, 0.25) is 0 Å². The highest BCUT2D eigenvalue weighted by Gasteiger charge is 2.19. The maximum absolute atomic E-state index is 5.83. The second-order valence-corrected chi connectivity index (χ2v) is 5.00. The van der Waals surface area contributed by atoms with E-state index >= 15 is 0 Å². The Hall–Kier alpha value is -1.55. The molecule has 3 rings (SSSR count). The summed E-state index contributed by atoms with van der Waals surface area (Å²) in [7, 11) is 0. The maximum atomic E-state index is 5.83. The summed E-state index contributed by atoms with van der Waals surface area (Å²) in [6.07, 6.45) is 3.06. The summed E-state index contributed by atoms with van der Waals surface area (Å²) >= 11 is 1.70. The smallest absolute Gasteiger partial charge is 0.0794 e. The SMILES string of the molecule is Nc1ccc2c(c1)N(Cc1cncs1)CC2. The van der Waals surface area contributed by atoms with Crippen LogP contribution in [0, 0.1) is 0 Å². The van der Waals surface area contributed by atoms with Crippen LogP contribution in [-0.4, -0.2) is 11.5 Å². The van der Waals surface area contributed by atoms with Gasteiger partial charge < -0.3 is 10.6 Å². The molecule has 2 N–H and O–H groups in total. The predicted molar refractivity (Wildman–Crippen MR) is 67.7 cm³/mol. The molecule has 3 nitrogen and oxygen atoms in total. The van der Waals surface area contributed by atoms with E-state index in [0.717, 1.165) is 25.2 Å². The van der Waals surface area contributed by atoms with Crippen molar-refractivity contribution in [3.63, 3.8) is 0 Å². The minimum Gasteiger partial charge on any atom is -0.399 e. The Morgan fingerprint density at radius 2 is 2.38 bits per heavy atom. The van der Waals surface area contributed by atoms with Gasteiger partial charge in [-0.15, -0.1) is 11.3 Å². The molecule has 0 aliphatic carbocycles. The fourth-order valence-corrected chi connectivity index (χ4v) is 2.74. The fourth-order valence-electron chi connectivity index (χ4n) is 2.14. The number of anilines is 2. The largest absolute Gasteiger partial charge is 0.399 e. The zero-order valence-corrected chi connectivity index (χ0v) is 9.70. The topological polar surface area (TPSA) is 42.1 Å². The first-order valence-corrected chi connectivity index (χ1v) is 6.21. The quantitative estimate of drug-likeness (QED) is 0.806. The summed E-state index contributed by atoms with van der Waals surface area (Å²) in [5, 5.41) is 0. The number of thiazole rings is 1. The number of benzene rings is 1. The molecule has 1 aromatic carbocycles. The summed E-state index contributed by atoms with van der Waals surface area (Å²) in [4.78, 5) is 7.78. The Morgan fingerprint density at radius 1 is 1.44 bits per heavy atom. The molecule has 0 fully saturated rings. The Kier molecular flexibility index (Phi) is 2.29. The van der Waals surface area contributed by atoms with Gasteiger partial charge in [0.05, 0.1) is 12.1 Å². The summed E-state index contributed by atoms with van der Waals surface area (Å²) in [6, 6.07) is 6.19. The Balaban J connectivity index is 1.88. The van der Waals surface area contributed by atoms with Crippen molar-refractivity contribution < 1.29 is 0 Å². The molecule has 1 aliphatic heterocycles. The lowest BCUT2D eigenvalue weighted by atomic mass is 10.1. The van der Waals surface area contributed by atoms with Crippen LogP contribution in [0.15, 0.2) is 29.9 Å². The molecule has 0 atom stereocenters. The molecule has 0 spiro atoms. The number of rotatable bonds is 2. The highest BCUT2D eigenvalue weighted by Crippen LogP contribution is 2.31. The van der Waals surface area contributed by atoms with Crippen LogP contribution in [0.1, 0.15) is 10.4 Å². The number of nitrogen functional groups attached to an aromatic ring is 1. The third-order valence-corrected chi connectivity index (χ3v) is 3.70. The summed E-state index contributed by atoms with van der Waals surface area (Å²) in [5.74, 6) is 0. The van der Waals surface area contributed by atoms with Crippen molar-refractivity contribution in [1.29, 1.82) is 0 Å². The molecule has 0 amide bonds. The van der Waals surface area contributed by atoms with Gasteiger partial charge in [0.25, 0.3) is 0 Å². The molecule has 1 aliphatic rings. The molecule has 0 unspecified atom stereocenters. The average molecular weight is 231 g/mol. The first kappa shape index (κ1) is 9.66. The number of hydrogen-bond acceptors (Lipinski definition) is 4. The zero-order valence-electron chi connectivity index (χ0n) is 8.89. The van der Waals surface area contributed by atoms with Gasteiger partial charge in [-0.2, -0.15) is 0 Å². The number of aromatic nitrogens is 1. The zero-order chi connectivity index (χ0) is 11.0. The molecule has 4 heteroatoms. The van der Waals surface area contributed by atoms with Crippen molar-refractivity contribution in [3.05, 3.63) is 40.3 Å². The van der Waals surface area contributed by atoms with Gasteiger partial charge in [0.15, 0.2) is 0 Å². The van der Waals surface area contributed by atoms with Crippen LogP contribution >= 0.6 is 11.3 Å². The normalized spacial score (nSPS) is 14.1. The minimum absolute atomic E-state index is 0.843. The molecule has 0 saturated carbocycles. The van der Waals surface area contributed by atoms with Gasteiger partial charge in [-0.1, -0.05) is 6.07 Å². The number of nitrogens with two attached hydrogens (primary N) is 1. The van der Waals surface area contributed by atoms with Crippen LogP contribution in [0.5, 0.6) is 0 Å². The van der Waals surface area contributed by atoms with E-state index in [0.29, 0.717) is 0 Å². The molecule has 2 aromatic rings. The van der Waals surface area contributed by atoms with Gasteiger partial charge in [0.1, 0.15) is 0 Å². The van der Waals surface area contributed by atoms with Crippen molar-refractivity contribution >= 4 is 22.7 Å². The van der Waals surface area contributed by atoms with Crippen molar-refractivity contribution in [2.45, 2.75) is 13.0 Å². The Bertz CT molecular complexity index is 493. The summed E-state index contributed by atoms with van der Waals surface area (Å²) in [6.45, 7) is 2.03. The Labute approximate surface area is 98.5 Å². The third-order valence-electron chi connectivity index (χ3n) is 2.93. The lowest BCUT2D eigenvalue weighted by molar-refractivity contribution is 0.844. The molecule has 0 bridgehead atoms. The van der Waals surface area contributed by atoms with E-state index in [1.54, 1.807) is 11.3 Å². The van der Waals surface area contributed by atoms with Crippen molar-refractivity contribution in [2.24, 2.45) is 0 Å². The Morgan fingerprint density at radius 3 is 3.19 bits per heavy atom. The van der Waals surface area contributed by atoms with Gasteiger partial charge in [-0.25, -0.2) is 0 Å². The fraction of sp³-hybridized carbons (Fsp3) is 0.250. The van der Waals surface area contributed by atoms with Gasteiger partial charge in [0, 0.05) is 29.0 Å². The molecule has 16 heavy (non-hydrogen) atoms. The van der Waals surface area contributed by atoms with Crippen molar-refractivity contribution in [2.75, 3.05) is 17.2 Å². The third kappa shape index (κ3) is 1.65. The van der Waals surface area contributed by atoms with E-state index in [9.17, 15) is 0 Å². The first-order chi connectivity index (χ1) is 7.83. The van der Waals surface area contributed by atoms with Crippen LogP contribution in [-0.2, 0) is 13.0 Å². The lowest BCUT2D eigenvalue weighted by Gasteiger charge is -2.18. The van der Waals surface area contributed by atoms with Crippen LogP contribution in [0.25, 0.3) is 0 Å². The number of hydrogen-bond donors (Lipinski definition) is 1. The summed E-state index contributed by atoms with van der Waals surface area (Å²) < 4.78 is 0. The van der Waals surface area contributed by atoms with E-state index in [2.05, 4.69) is 22.0 Å². The molecule has 0 radical (unpaired) electrons.